The Morgan fingerprint density at radius 3 is 2.59 bits per heavy atom. The summed E-state index contributed by atoms with van der Waals surface area (Å²) < 4.78 is 46.0. The number of rotatable bonds is 8. The quantitative estimate of drug-likeness (QED) is 0.217. The number of carbonyl (C=O) groups is 2. The molecule has 0 spiro atoms. The van der Waals surface area contributed by atoms with E-state index < -0.39 is 34.0 Å². The maximum atomic E-state index is 14.4. The number of carbonyl (C=O) groups excluding carboxylic acids is 1. The summed E-state index contributed by atoms with van der Waals surface area (Å²) >= 11 is 0.774. The number of nitrogens with zero attached hydrogens (tertiary/aromatic N) is 2. The number of carboxylic acids is 1. The molecule has 0 amide bonds. The summed E-state index contributed by atoms with van der Waals surface area (Å²) in [5, 5.41) is 11.3. The molecule has 3 aromatic rings. The van der Waals surface area contributed by atoms with E-state index in [0.717, 1.165) is 17.4 Å². The summed E-state index contributed by atoms with van der Waals surface area (Å²) in [7, 11) is -2.65. The molecule has 1 unspecified atom stereocenters. The molecule has 3 rings (SSSR count). The maximum Gasteiger partial charge on any atom is 0.332 e. The highest BCUT2D eigenvalue weighted by atomic mass is 32.2. The molecule has 0 fully saturated rings. The van der Waals surface area contributed by atoms with Crippen molar-refractivity contribution in [3.8, 4) is 11.1 Å². The van der Waals surface area contributed by atoms with Gasteiger partial charge in [-0.2, -0.15) is 4.39 Å². The van der Waals surface area contributed by atoms with E-state index in [0.29, 0.717) is 6.08 Å². The van der Waals surface area contributed by atoms with E-state index in [2.05, 4.69) is 15.3 Å². The van der Waals surface area contributed by atoms with Crippen molar-refractivity contribution in [2.75, 3.05) is 7.05 Å². The summed E-state index contributed by atoms with van der Waals surface area (Å²) in [6.07, 6.45) is 4.02. The second-order valence-corrected chi connectivity index (χ2v) is 9.39. The molecule has 0 aliphatic rings. The lowest BCUT2D eigenvalue weighted by Gasteiger charge is -2.14. The topological polar surface area (TPSA) is 136 Å². The van der Waals surface area contributed by atoms with E-state index in [1.54, 1.807) is 0 Å². The highest BCUT2D eigenvalue weighted by molar-refractivity contribution is 7.93. The third-order valence-electron chi connectivity index (χ3n) is 4.07. The lowest BCUT2D eigenvalue weighted by Crippen LogP contribution is -2.21. The number of hydrogen-bond acceptors (Lipinski definition) is 9. The Labute approximate surface area is 186 Å². The molecule has 12 heteroatoms. The normalized spacial score (nSPS) is 12.6. The van der Waals surface area contributed by atoms with Crippen LogP contribution in [0.25, 0.3) is 11.1 Å². The van der Waals surface area contributed by atoms with Gasteiger partial charge in [0.2, 0.25) is 15.8 Å². The molecule has 3 heterocycles. The Balaban J connectivity index is 2.12. The fraction of sp³-hybridized carbons (Fsp3) is 0.100. The zero-order valence-corrected chi connectivity index (χ0v) is 18.1. The monoisotopic (exact) mass is 477 g/mol. The van der Waals surface area contributed by atoms with Crippen LogP contribution in [0.3, 0.4) is 0 Å². The lowest BCUT2D eigenvalue weighted by atomic mass is 10.1. The van der Waals surface area contributed by atoms with Gasteiger partial charge in [-0.3, -0.25) is 10.3 Å². The number of thiophene rings is 1. The first-order valence-electron chi connectivity index (χ1n) is 8.92. The van der Waals surface area contributed by atoms with Crippen molar-refractivity contribution in [2.24, 2.45) is 0 Å². The zero-order chi connectivity index (χ0) is 23.3. The molecule has 0 saturated carbocycles. The molecule has 166 valence electrons. The fourth-order valence-electron chi connectivity index (χ4n) is 2.66. The van der Waals surface area contributed by atoms with Crippen molar-refractivity contribution in [1.29, 1.82) is 0 Å². The minimum absolute atomic E-state index is 0.0387. The van der Waals surface area contributed by atoms with Crippen LogP contribution in [0.1, 0.15) is 11.1 Å². The van der Waals surface area contributed by atoms with Crippen LogP contribution in [0.5, 0.6) is 0 Å². The number of carboxylic acid groups (broad SMARTS) is 1. The Morgan fingerprint density at radius 1 is 1.22 bits per heavy atom. The van der Waals surface area contributed by atoms with Crippen LogP contribution in [0.15, 0.2) is 70.2 Å². The van der Waals surface area contributed by atoms with Gasteiger partial charge in [-0.25, -0.2) is 23.0 Å². The van der Waals surface area contributed by atoms with Crippen LogP contribution in [0, 0.1) is 5.95 Å². The molecule has 0 aliphatic carbocycles. The van der Waals surface area contributed by atoms with E-state index in [-0.39, 0.29) is 25.1 Å². The zero-order valence-electron chi connectivity index (χ0n) is 16.4. The Bertz CT molecular complexity index is 1280. The van der Waals surface area contributed by atoms with E-state index >= 15 is 0 Å². The number of sulfone groups is 1. The summed E-state index contributed by atoms with van der Waals surface area (Å²) in [6.45, 7) is 0. The van der Waals surface area contributed by atoms with Crippen LogP contribution in [-0.2, 0) is 24.2 Å². The number of hydrogen-bond donors (Lipinski definition) is 2. The van der Waals surface area contributed by atoms with Gasteiger partial charge in [-0.15, -0.1) is 11.3 Å². The second kappa shape index (κ2) is 9.77. The number of pyridine rings is 2. The smallest absolute Gasteiger partial charge is 0.332 e. The molecule has 0 aliphatic heterocycles. The number of nitrogens with one attached hydrogen (secondary N) is 1. The van der Waals surface area contributed by atoms with Gasteiger partial charge in [-0.1, -0.05) is 0 Å². The minimum atomic E-state index is -4.10. The van der Waals surface area contributed by atoms with E-state index in [4.69, 9.17) is 9.84 Å². The third-order valence-corrected chi connectivity index (χ3v) is 7.52. The molecular formula is C20H16FN3O6S2. The van der Waals surface area contributed by atoms with Gasteiger partial charge in [0.15, 0.2) is 6.23 Å². The number of aromatic nitrogens is 2. The molecule has 2 N–H and O–H groups in total. The summed E-state index contributed by atoms with van der Waals surface area (Å²) in [5.74, 6) is -3.17. The van der Waals surface area contributed by atoms with Crippen LogP contribution >= 0.6 is 11.3 Å². The van der Waals surface area contributed by atoms with Gasteiger partial charge in [0, 0.05) is 41.9 Å². The molecule has 0 aromatic carbocycles. The Morgan fingerprint density at radius 2 is 1.97 bits per heavy atom. The van der Waals surface area contributed by atoms with E-state index in [9.17, 15) is 22.4 Å². The number of aliphatic carboxylic acids is 1. The first-order valence-corrected chi connectivity index (χ1v) is 11.2. The van der Waals surface area contributed by atoms with Crippen molar-refractivity contribution in [2.45, 2.75) is 15.3 Å². The van der Waals surface area contributed by atoms with Crippen molar-refractivity contribution < 1.29 is 32.2 Å². The average molecular weight is 477 g/mol. The molecule has 0 radical (unpaired) electrons. The first kappa shape index (κ1) is 23.2. The molecule has 0 saturated heterocycles. The Kier molecular flexibility index (Phi) is 7.08. The van der Waals surface area contributed by atoms with Gasteiger partial charge >= 0.3 is 11.9 Å². The molecule has 9 nitrogen and oxygen atoms in total. The van der Waals surface area contributed by atoms with Crippen molar-refractivity contribution in [1.82, 2.24) is 15.3 Å². The van der Waals surface area contributed by atoms with Crippen molar-refractivity contribution in [3.05, 3.63) is 71.9 Å². The van der Waals surface area contributed by atoms with Gasteiger partial charge in [0.25, 0.3) is 0 Å². The van der Waals surface area contributed by atoms with E-state index in [1.165, 1.54) is 56.0 Å². The molecule has 0 bridgehead atoms. The van der Waals surface area contributed by atoms with Crippen LogP contribution in [-0.4, -0.2) is 42.5 Å². The number of esters is 1. The molecule has 3 aromatic heterocycles. The van der Waals surface area contributed by atoms with Gasteiger partial charge in [0.05, 0.1) is 9.77 Å². The fourth-order valence-corrected chi connectivity index (χ4v) is 5.75. The first-order chi connectivity index (χ1) is 15.2. The summed E-state index contributed by atoms with van der Waals surface area (Å²) in [4.78, 5) is 30.1. The minimum Gasteiger partial charge on any atom is -0.478 e. The lowest BCUT2D eigenvalue weighted by molar-refractivity contribution is -0.145. The number of halogens is 1. The van der Waals surface area contributed by atoms with Crippen molar-refractivity contribution in [3.63, 3.8) is 0 Å². The second-order valence-electron chi connectivity index (χ2n) is 6.16. The summed E-state index contributed by atoms with van der Waals surface area (Å²) in [5.41, 5.74) is -0.0127. The molecule has 32 heavy (non-hydrogen) atoms. The standard InChI is InChI=1S/C20H16FN3O6S2/c1-22-19(30-17(27)7-6-16(25)26)15-10-14(13-5-3-9-24-18(13)21)20(31-15)32(28,29)12-4-2-8-23-11-12/h2-11,19,22H,1H3,(H,25,26)/b7-6+. The largest absolute Gasteiger partial charge is 0.478 e. The summed E-state index contributed by atoms with van der Waals surface area (Å²) in [6, 6.07) is 7.04. The predicted octanol–water partition coefficient (Wildman–Crippen LogP) is 2.58. The van der Waals surface area contributed by atoms with Gasteiger partial charge in [0.1, 0.15) is 4.21 Å². The number of ether oxygens (including phenoxy) is 1. The van der Waals surface area contributed by atoms with Crippen LogP contribution in [0.2, 0.25) is 0 Å². The van der Waals surface area contributed by atoms with E-state index in [1.807, 2.05) is 0 Å². The Hall–Kier alpha value is -3.48. The SMILES string of the molecule is CNC(OC(=O)/C=C/C(=O)O)c1cc(-c2cccnc2F)c(S(=O)(=O)c2cccnc2)s1. The van der Waals surface area contributed by atoms with Crippen LogP contribution in [0.4, 0.5) is 4.39 Å². The van der Waals surface area contributed by atoms with Gasteiger partial charge < -0.3 is 9.84 Å². The molecular weight excluding hydrogens is 461 g/mol. The highest BCUT2D eigenvalue weighted by Gasteiger charge is 2.29. The highest BCUT2D eigenvalue weighted by Crippen LogP contribution is 2.41. The van der Waals surface area contributed by atoms with Crippen molar-refractivity contribution >= 4 is 33.1 Å². The third kappa shape index (κ3) is 5.04. The predicted molar refractivity (Wildman–Crippen MR) is 112 cm³/mol. The average Bonchev–Trinajstić information content (AvgIpc) is 3.23. The maximum absolute atomic E-state index is 14.4. The van der Waals surface area contributed by atoms with Gasteiger partial charge in [-0.05, 0) is 37.4 Å². The van der Waals surface area contributed by atoms with Crippen LogP contribution < -0.4 is 5.32 Å². The molecule has 1 atom stereocenters.